The Bertz CT molecular complexity index is 388. The lowest BCUT2D eigenvalue weighted by atomic mass is 10.2. The van der Waals surface area contributed by atoms with Crippen LogP contribution in [0, 0.1) is 0 Å². The summed E-state index contributed by atoms with van der Waals surface area (Å²) in [6.07, 6.45) is 0. The lowest BCUT2D eigenvalue weighted by Crippen LogP contribution is -2.36. The van der Waals surface area contributed by atoms with Crippen molar-refractivity contribution in [3.8, 4) is 0 Å². The van der Waals surface area contributed by atoms with Gasteiger partial charge in [-0.05, 0) is 0 Å². The molecule has 1 aromatic rings. The van der Waals surface area contributed by atoms with Gasteiger partial charge in [-0.3, -0.25) is 0 Å². The Balaban J connectivity index is 3.37. The maximum Gasteiger partial charge on any atom is 0.373 e. The van der Waals surface area contributed by atoms with E-state index in [9.17, 15) is 9.59 Å². The Labute approximate surface area is 73.9 Å². The van der Waals surface area contributed by atoms with Crippen LogP contribution in [0.1, 0.15) is 25.6 Å². The molecule has 1 aromatic heterocycles. The Kier molecular flexibility index (Phi) is 2.09. The number of carbonyl (C=O) groups is 1. The van der Waals surface area contributed by atoms with E-state index in [1.165, 1.54) is 0 Å². The van der Waals surface area contributed by atoms with Crippen molar-refractivity contribution in [3.63, 3.8) is 0 Å². The molecule has 0 atom stereocenters. The van der Waals surface area contributed by atoms with Crippen molar-refractivity contribution < 1.29 is 4.79 Å². The summed E-state index contributed by atoms with van der Waals surface area (Å²) >= 11 is 0. The van der Waals surface area contributed by atoms with Crippen molar-refractivity contribution in [2.24, 2.45) is 5.73 Å². The maximum atomic E-state index is 11.2. The van der Waals surface area contributed by atoms with Gasteiger partial charge in [0.1, 0.15) is 0 Å². The van der Waals surface area contributed by atoms with Gasteiger partial charge in [0.15, 0.2) is 5.82 Å². The number of aromatic nitrogens is 3. The first-order chi connectivity index (χ1) is 5.95. The number of hydrogen-bond donors (Lipinski definition) is 2. The minimum absolute atomic E-state index is 0.0432. The molecule has 0 aromatic carbocycles. The molecule has 7 nitrogen and oxygen atoms in total. The second kappa shape index (κ2) is 2.92. The number of rotatable bonds is 1. The first-order valence-electron chi connectivity index (χ1n) is 3.72. The molecule has 1 heterocycles. The number of hydrogen-bond acceptors (Lipinski definition) is 4. The minimum atomic E-state index is -0.934. The van der Waals surface area contributed by atoms with Crippen LogP contribution in [0.2, 0.25) is 0 Å². The number of nitrogen functional groups attached to an aromatic ring is 1. The van der Waals surface area contributed by atoms with Gasteiger partial charge in [0.25, 0.3) is 0 Å². The second-order valence-electron chi connectivity index (χ2n) is 2.92. The summed E-state index contributed by atoms with van der Waals surface area (Å²) in [5.74, 6) is 5.63. The first-order valence-corrected chi connectivity index (χ1v) is 3.72. The molecule has 1 amide bonds. The Morgan fingerprint density at radius 3 is 2.31 bits per heavy atom. The molecule has 0 aliphatic carbocycles. The van der Waals surface area contributed by atoms with Gasteiger partial charge in [-0.2, -0.15) is 4.68 Å². The van der Waals surface area contributed by atoms with E-state index in [2.05, 4.69) is 5.10 Å². The molecule has 0 saturated carbocycles. The molecule has 0 aliphatic rings. The molecule has 0 bridgehead atoms. The summed E-state index contributed by atoms with van der Waals surface area (Å²) in [5, 5.41) is 3.68. The van der Waals surface area contributed by atoms with E-state index < -0.39 is 11.7 Å². The van der Waals surface area contributed by atoms with E-state index in [4.69, 9.17) is 11.6 Å². The van der Waals surface area contributed by atoms with Crippen LogP contribution < -0.4 is 17.3 Å². The second-order valence-corrected chi connectivity index (χ2v) is 2.92. The zero-order valence-corrected chi connectivity index (χ0v) is 7.39. The highest BCUT2D eigenvalue weighted by molar-refractivity contribution is 5.73. The quantitative estimate of drug-likeness (QED) is 0.536. The number of primary amides is 1. The highest BCUT2D eigenvalue weighted by atomic mass is 16.2. The van der Waals surface area contributed by atoms with Gasteiger partial charge in [-0.25, -0.2) is 9.59 Å². The van der Waals surface area contributed by atoms with Crippen LogP contribution >= 0.6 is 0 Å². The predicted molar refractivity (Wildman–Crippen MR) is 45.7 cm³/mol. The van der Waals surface area contributed by atoms with Crippen LogP contribution in [-0.2, 0) is 0 Å². The van der Waals surface area contributed by atoms with Gasteiger partial charge < -0.3 is 11.6 Å². The fourth-order valence-electron chi connectivity index (χ4n) is 0.931. The van der Waals surface area contributed by atoms with Gasteiger partial charge in [-0.1, -0.05) is 13.8 Å². The number of nitrogens with two attached hydrogens (primary N) is 2. The number of carbonyl (C=O) groups excluding carboxylic acids is 1. The largest absolute Gasteiger partial charge is 0.373 e. The van der Waals surface area contributed by atoms with Crippen molar-refractivity contribution in [2.75, 3.05) is 5.84 Å². The summed E-state index contributed by atoms with van der Waals surface area (Å²) in [4.78, 5) is 21.8. The third kappa shape index (κ3) is 1.40. The smallest absolute Gasteiger partial charge is 0.350 e. The van der Waals surface area contributed by atoms with Crippen LogP contribution in [0.3, 0.4) is 0 Å². The van der Waals surface area contributed by atoms with E-state index in [0.29, 0.717) is 10.5 Å². The van der Waals surface area contributed by atoms with Crippen LogP contribution in [0.25, 0.3) is 0 Å². The first kappa shape index (κ1) is 9.30. The van der Waals surface area contributed by atoms with E-state index in [0.717, 1.165) is 4.68 Å². The van der Waals surface area contributed by atoms with E-state index >= 15 is 0 Å². The van der Waals surface area contributed by atoms with Crippen molar-refractivity contribution in [1.82, 2.24) is 14.5 Å². The summed E-state index contributed by atoms with van der Waals surface area (Å²) in [7, 11) is 0. The molecule has 4 N–H and O–H groups in total. The number of nitrogens with zero attached hydrogens (tertiary/aromatic N) is 3. The molecular weight excluding hydrogens is 174 g/mol. The third-order valence-corrected chi connectivity index (χ3v) is 1.56. The maximum absolute atomic E-state index is 11.2. The van der Waals surface area contributed by atoms with Gasteiger partial charge in [-0.15, -0.1) is 9.78 Å². The Hall–Kier alpha value is -1.79. The number of amides is 1. The molecule has 0 aliphatic heterocycles. The Morgan fingerprint density at radius 2 is 2.08 bits per heavy atom. The van der Waals surface area contributed by atoms with Crippen LogP contribution in [-0.4, -0.2) is 20.5 Å². The van der Waals surface area contributed by atoms with Crippen molar-refractivity contribution in [1.29, 1.82) is 0 Å². The molecule has 13 heavy (non-hydrogen) atoms. The molecule has 0 fully saturated rings. The Morgan fingerprint density at radius 1 is 1.54 bits per heavy atom. The molecule has 7 heteroatoms. The molecule has 0 saturated heterocycles. The van der Waals surface area contributed by atoms with E-state index in [1.54, 1.807) is 13.8 Å². The normalized spacial score (nSPS) is 10.7. The predicted octanol–water partition coefficient (Wildman–Crippen LogP) is -1.19. The molecule has 1 rings (SSSR count). The van der Waals surface area contributed by atoms with Crippen LogP contribution in [0.5, 0.6) is 0 Å². The monoisotopic (exact) mass is 185 g/mol. The molecule has 0 spiro atoms. The lowest BCUT2D eigenvalue weighted by molar-refractivity contribution is 0.246. The highest BCUT2D eigenvalue weighted by Gasteiger charge is 2.16. The molecule has 0 radical (unpaired) electrons. The molecule has 72 valence electrons. The summed E-state index contributed by atoms with van der Waals surface area (Å²) in [6.45, 7) is 3.60. The van der Waals surface area contributed by atoms with Gasteiger partial charge in [0.05, 0.1) is 0 Å². The van der Waals surface area contributed by atoms with Gasteiger partial charge >= 0.3 is 11.7 Å². The summed E-state index contributed by atoms with van der Waals surface area (Å²) in [5.41, 5.74) is 4.16. The zero-order chi connectivity index (χ0) is 10.2. The average Bonchev–Trinajstić information content (AvgIpc) is 2.29. The summed E-state index contributed by atoms with van der Waals surface area (Å²) < 4.78 is 1.35. The summed E-state index contributed by atoms with van der Waals surface area (Å²) in [6, 6.07) is -0.934. The third-order valence-electron chi connectivity index (χ3n) is 1.56. The average molecular weight is 185 g/mol. The van der Waals surface area contributed by atoms with Crippen molar-refractivity contribution in [2.45, 2.75) is 19.8 Å². The van der Waals surface area contributed by atoms with Gasteiger partial charge in [0, 0.05) is 5.92 Å². The van der Waals surface area contributed by atoms with E-state index in [-0.39, 0.29) is 5.92 Å². The molecular formula is C6H11N5O2. The minimum Gasteiger partial charge on any atom is -0.350 e. The fraction of sp³-hybridized carbons (Fsp3) is 0.500. The topological polar surface area (TPSA) is 109 Å². The van der Waals surface area contributed by atoms with Crippen LogP contribution in [0.4, 0.5) is 4.79 Å². The highest BCUT2D eigenvalue weighted by Crippen LogP contribution is 2.06. The van der Waals surface area contributed by atoms with Crippen LogP contribution in [0.15, 0.2) is 4.79 Å². The van der Waals surface area contributed by atoms with E-state index in [1.807, 2.05) is 0 Å². The fourth-order valence-corrected chi connectivity index (χ4v) is 0.931. The SMILES string of the molecule is CC(C)c1nn(C(N)=O)c(=O)n1N. The van der Waals surface area contributed by atoms with Crippen molar-refractivity contribution >= 4 is 6.03 Å². The lowest BCUT2D eigenvalue weighted by Gasteiger charge is -1.99. The van der Waals surface area contributed by atoms with Crippen molar-refractivity contribution in [3.05, 3.63) is 16.3 Å². The zero-order valence-electron chi connectivity index (χ0n) is 7.39. The molecule has 0 unspecified atom stereocenters. The van der Waals surface area contributed by atoms with Gasteiger partial charge in [0.2, 0.25) is 0 Å². The standard InChI is InChI=1S/C6H11N5O2/c1-3(2)4-9-11(5(7)12)6(13)10(4)8/h3H,8H2,1-2H3,(H2,7,12).